The van der Waals surface area contributed by atoms with Crippen LogP contribution in [0, 0.1) is 0 Å². The van der Waals surface area contributed by atoms with E-state index in [9.17, 15) is 4.79 Å². The zero-order chi connectivity index (χ0) is 18.0. The molecule has 0 bridgehead atoms. The van der Waals surface area contributed by atoms with Crippen LogP contribution in [0.25, 0.3) is 0 Å². The van der Waals surface area contributed by atoms with Crippen LogP contribution < -0.4 is 0 Å². The van der Waals surface area contributed by atoms with Gasteiger partial charge in [0.2, 0.25) is 0 Å². The van der Waals surface area contributed by atoms with Crippen LogP contribution in [-0.4, -0.2) is 58.1 Å². The van der Waals surface area contributed by atoms with Crippen LogP contribution in [0.5, 0.6) is 0 Å². The fraction of sp³-hybridized carbons (Fsp3) is 0.706. The predicted octanol–water partition coefficient (Wildman–Crippen LogP) is 2.41. The highest BCUT2D eigenvalue weighted by atomic mass is 16.6. The number of amides is 1. The van der Waals surface area contributed by atoms with Crippen LogP contribution in [-0.2, 0) is 20.6 Å². The molecule has 0 N–H and O–H groups in total. The van der Waals surface area contributed by atoms with Crippen molar-refractivity contribution in [3.8, 4) is 0 Å². The number of methoxy groups -OCH3 is 1. The first kappa shape index (κ1) is 18.6. The minimum absolute atomic E-state index is 0.266. The SMILES string of the molecule is COCC1OC(C)(C)N(C(=O)OC(C)(C)C)C1Cc1ncccn1. The lowest BCUT2D eigenvalue weighted by molar-refractivity contribution is -0.0894. The van der Waals surface area contributed by atoms with Crippen LogP contribution in [0.4, 0.5) is 4.79 Å². The van der Waals surface area contributed by atoms with E-state index in [-0.39, 0.29) is 12.1 Å². The van der Waals surface area contributed by atoms with Crippen LogP contribution >= 0.6 is 0 Å². The van der Waals surface area contributed by atoms with Gasteiger partial charge < -0.3 is 14.2 Å². The van der Waals surface area contributed by atoms with Gasteiger partial charge in [-0.05, 0) is 40.7 Å². The molecule has 0 aromatic carbocycles. The standard InChI is InChI=1S/C17H27N3O4/c1-16(2,3)24-15(21)20-12(10-14-18-8-7-9-19-14)13(11-22-6)23-17(20,4)5/h7-9,12-13H,10-11H2,1-6H3. The van der Waals surface area contributed by atoms with E-state index < -0.39 is 17.4 Å². The first-order chi connectivity index (χ1) is 11.1. The highest BCUT2D eigenvalue weighted by Gasteiger charge is 2.51. The van der Waals surface area contributed by atoms with Crippen molar-refractivity contribution in [3.05, 3.63) is 24.3 Å². The molecule has 2 rings (SSSR count). The maximum absolute atomic E-state index is 12.8. The summed E-state index contributed by atoms with van der Waals surface area (Å²) in [5.74, 6) is 0.651. The molecule has 2 heterocycles. The summed E-state index contributed by atoms with van der Waals surface area (Å²) in [5.41, 5.74) is -1.38. The number of aromatic nitrogens is 2. The third kappa shape index (κ3) is 4.42. The molecule has 0 saturated carbocycles. The Hall–Kier alpha value is -1.73. The largest absolute Gasteiger partial charge is 0.444 e. The number of hydrogen-bond acceptors (Lipinski definition) is 6. The molecule has 1 amide bonds. The molecule has 1 aliphatic heterocycles. The Morgan fingerprint density at radius 2 is 1.96 bits per heavy atom. The summed E-state index contributed by atoms with van der Waals surface area (Å²) in [6, 6.07) is 1.49. The zero-order valence-electron chi connectivity index (χ0n) is 15.3. The van der Waals surface area contributed by atoms with Gasteiger partial charge in [0.05, 0.1) is 12.6 Å². The van der Waals surface area contributed by atoms with E-state index in [1.54, 1.807) is 30.5 Å². The molecule has 0 radical (unpaired) electrons. The van der Waals surface area contributed by atoms with Crippen LogP contribution in [0.1, 0.15) is 40.4 Å². The maximum atomic E-state index is 12.8. The van der Waals surface area contributed by atoms with Crippen LogP contribution in [0.2, 0.25) is 0 Å². The van der Waals surface area contributed by atoms with Crippen molar-refractivity contribution in [1.82, 2.24) is 14.9 Å². The van der Waals surface area contributed by atoms with Crippen molar-refractivity contribution in [2.45, 2.75) is 64.5 Å². The summed E-state index contributed by atoms with van der Waals surface area (Å²) in [7, 11) is 1.61. The maximum Gasteiger partial charge on any atom is 0.412 e. The van der Waals surface area contributed by atoms with Crippen molar-refractivity contribution >= 4 is 6.09 Å². The number of hydrogen-bond donors (Lipinski definition) is 0. The van der Waals surface area contributed by atoms with Gasteiger partial charge in [-0.3, -0.25) is 4.90 Å². The normalized spacial score (nSPS) is 23.3. The van der Waals surface area contributed by atoms with E-state index in [0.717, 1.165) is 0 Å². The first-order valence-corrected chi connectivity index (χ1v) is 8.09. The number of ether oxygens (including phenoxy) is 3. The van der Waals surface area contributed by atoms with E-state index in [0.29, 0.717) is 18.9 Å². The summed E-state index contributed by atoms with van der Waals surface area (Å²) in [6.45, 7) is 9.61. The van der Waals surface area contributed by atoms with Gasteiger partial charge in [0, 0.05) is 25.9 Å². The topological polar surface area (TPSA) is 73.8 Å². The Morgan fingerprint density at radius 3 is 2.50 bits per heavy atom. The van der Waals surface area contributed by atoms with Gasteiger partial charge >= 0.3 is 6.09 Å². The molecule has 1 aromatic rings. The van der Waals surface area contributed by atoms with Crippen LogP contribution in [0.15, 0.2) is 18.5 Å². The smallest absolute Gasteiger partial charge is 0.412 e. The predicted molar refractivity (Wildman–Crippen MR) is 88.4 cm³/mol. The molecule has 1 saturated heterocycles. The van der Waals surface area contributed by atoms with E-state index >= 15 is 0 Å². The van der Waals surface area contributed by atoms with Gasteiger partial charge in [0.15, 0.2) is 0 Å². The molecule has 2 atom stereocenters. The Kier molecular flexibility index (Phi) is 5.45. The minimum Gasteiger partial charge on any atom is -0.444 e. The summed E-state index contributed by atoms with van der Waals surface area (Å²) in [4.78, 5) is 22.9. The molecular formula is C17H27N3O4. The van der Waals surface area contributed by atoms with Crippen molar-refractivity contribution in [1.29, 1.82) is 0 Å². The molecular weight excluding hydrogens is 310 g/mol. The van der Waals surface area contributed by atoms with Gasteiger partial charge in [0.25, 0.3) is 0 Å². The average Bonchev–Trinajstić information content (AvgIpc) is 2.69. The van der Waals surface area contributed by atoms with Gasteiger partial charge in [-0.15, -0.1) is 0 Å². The van der Waals surface area contributed by atoms with Crippen molar-refractivity contribution < 1.29 is 19.0 Å². The third-order valence-corrected chi connectivity index (χ3v) is 3.71. The lowest BCUT2D eigenvalue weighted by atomic mass is 10.1. The number of rotatable bonds is 4. The number of carbonyl (C=O) groups excluding carboxylic acids is 1. The van der Waals surface area contributed by atoms with Crippen LogP contribution in [0.3, 0.4) is 0 Å². The molecule has 134 valence electrons. The Morgan fingerprint density at radius 1 is 1.33 bits per heavy atom. The second-order valence-corrected chi connectivity index (χ2v) is 7.35. The van der Waals surface area contributed by atoms with Gasteiger partial charge in [-0.1, -0.05) is 0 Å². The summed E-state index contributed by atoms with van der Waals surface area (Å²) >= 11 is 0. The summed E-state index contributed by atoms with van der Waals surface area (Å²) in [6.07, 6.45) is 3.16. The van der Waals surface area contributed by atoms with Crippen molar-refractivity contribution in [2.24, 2.45) is 0 Å². The van der Waals surface area contributed by atoms with Gasteiger partial charge in [-0.25, -0.2) is 14.8 Å². The number of nitrogens with zero attached hydrogens (tertiary/aromatic N) is 3. The zero-order valence-corrected chi connectivity index (χ0v) is 15.3. The molecule has 2 unspecified atom stereocenters. The Balaban J connectivity index is 2.29. The van der Waals surface area contributed by atoms with E-state index in [1.807, 2.05) is 34.6 Å². The molecule has 7 nitrogen and oxygen atoms in total. The van der Waals surface area contributed by atoms with Crippen molar-refractivity contribution in [2.75, 3.05) is 13.7 Å². The first-order valence-electron chi connectivity index (χ1n) is 8.09. The van der Waals surface area contributed by atoms with E-state index in [2.05, 4.69) is 9.97 Å². The number of carbonyl (C=O) groups is 1. The quantitative estimate of drug-likeness (QED) is 0.840. The van der Waals surface area contributed by atoms with E-state index in [1.165, 1.54) is 0 Å². The second-order valence-electron chi connectivity index (χ2n) is 7.35. The molecule has 1 fully saturated rings. The van der Waals surface area contributed by atoms with Gasteiger partial charge in [0.1, 0.15) is 23.3 Å². The molecule has 24 heavy (non-hydrogen) atoms. The Bertz CT molecular complexity index is 557. The fourth-order valence-electron chi connectivity index (χ4n) is 2.89. The lowest BCUT2D eigenvalue weighted by Gasteiger charge is -2.35. The molecule has 0 spiro atoms. The highest BCUT2D eigenvalue weighted by molar-refractivity contribution is 5.70. The molecule has 1 aromatic heterocycles. The third-order valence-electron chi connectivity index (χ3n) is 3.71. The summed E-state index contributed by atoms with van der Waals surface area (Å²) in [5, 5.41) is 0. The van der Waals surface area contributed by atoms with Crippen molar-refractivity contribution in [3.63, 3.8) is 0 Å². The van der Waals surface area contributed by atoms with Gasteiger partial charge in [-0.2, -0.15) is 0 Å². The molecule has 0 aliphatic carbocycles. The Labute approximate surface area is 143 Å². The lowest BCUT2D eigenvalue weighted by Crippen LogP contribution is -2.51. The monoisotopic (exact) mass is 337 g/mol. The highest BCUT2D eigenvalue weighted by Crippen LogP contribution is 2.35. The summed E-state index contributed by atoms with van der Waals surface area (Å²) < 4.78 is 16.9. The fourth-order valence-corrected chi connectivity index (χ4v) is 2.89. The molecule has 1 aliphatic rings. The van der Waals surface area contributed by atoms with E-state index in [4.69, 9.17) is 14.2 Å². The minimum atomic E-state index is -0.801. The molecule has 7 heteroatoms. The second kappa shape index (κ2) is 7.03. The average molecular weight is 337 g/mol.